The molecule has 3 rings (SSSR count). The molecule has 1 amide bonds. The van der Waals surface area contributed by atoms with E-state index in [0.29, 0.717) is 29.7 Å². The second kappa shape index (κ2) is 6.68. The molecule has 3 nitrogen and oxygen atoms in total. The van der Waals surface area contributed by atoms with Gasteiger partial charge in [0.1, 0.15) is 0 Å². The summed E-state index contributed by atoms with van der Waals surface area (Å²) in [5.41, 5.74) is 0. The van der Waals surface area contributed by atoms with E-state index in [2.05, 4.69) is 23.6 Å². The van der Waals surface area contributed by atoms with Crippen LogP contribution in [0.4, 0.5) is 0 Å². The molecule has 3 heteroatoms. The monoisotopic (exact) mass is 292 g/mol. The quantitative estimate of drug-likeness (QED) is 0.794. The molecule has 2 aliphatic heterocycles. The van der Waals surface area contributed by atoms with Crippen molar-refractivity contribution < 1.29 is 4.79 Å². The van der Waals surface area contributed by atoms with Crippen LogP contribution in [0.15, 0.2) is 0 Å². The molecule has 0 bridgehead atoms. The maximum atomic E-state index is 12.9. The topological polar surface area (TPSA) is 23.6 Å². The van der Waals surface area contributed by atoms with Crippen LogP contribution in [0.25, 0.3) is 0 Å². The fourth-order valence-electron chi connectivity index (χ4n) is 4.66. The summed E-state index contributed by atoms with van der Waals surface area (Å²) >= 11 is 0. The molecular formula is C18H32N2O. The van der Waals surface area contributed by atoms with Crippen molar-refractivity contribution in [3.8, 4) is 0 Å². The Balaban J connectivity index is 1.54. The van der Waals surface area contributed by atoms with E-state index in [4.69, 9.17) is 0 Å². The largest absolute Gasteiger partial charge is 0.339 e. The molecule has 1 saturated carbocycles. The summed E-state index contributed by atoms with van der Waals surface area (Å²) in [5.74, 6) is 2.15. The van der Waals surface area contributed by atoms with E-state index in [1.807, 2.05) is 0 Å². The SMILES string of the molecule is CCC(C)C1CCCCC1C(=O)N1CC(N2CCCC2)C1. The third kappa shape index (κ3) is 3.13. The highest BCUT2D eigenvalue weighted by Crippen LogP contribution is 2.38. The van der Waals surface area contributed by atoms with Gasteiger partial charge in [0, 0.05) is 25.0 Å². The molecule has 3 aliphatic rings. The van der Waals surface area contributed by atoms with Gasteiger partial charge in [0.05, 0.1) is 0 Å². The minimum absolute atomic E-state index is 0.327. The smallest absolute Gasteiger partial charge is 0.226 e. The van der Waals surface area contributed by atoms with E-state index in [1.165, 1.54) is 51.6 Å². The molecule has 2 heterocycles. The van der Waals surface area contributed by atoms with Gasteiger partial charge < -0.3 is 4.90 Å². The van der Waals surface area contributed by atoms with Gasteiger partial charge in [-0.15, -0.1) is 0 Å². The van der Waals surface area contributed by atoms with E-state index in [-0.39, 0.29) is 0 Å². The Labute approximate surface area is 130 Å². The number of hydrogen-bond donors (Lipinski definition) is 0. The van der Waals surface area contributed by atoms with Gasteiger partial charge in [-0.2, -0.15) is 0 Å². The van der Waals surface area contributed by atoms with Crippen molar-refractivity contribution in [2.45, 2.75) is 64.8 Å². The van der Waals surface area contributed by atoms with Crippen LogP contribution in [0.3, 0.4) is 0 Å². The van der Waals surface area contributed by atoms with Crippen molar-refractivity contribution in [3.63, 3.8) is 0 Å². The molecule has 2 saturated heterocycles. The number of rotatable bonds is 4. The predicted molar refractivity (Wildman–Crippen MR) is 86.1 cm³/mol. The van der Waals surface area contributed by atoms with E-state index in [9.17, 15) is 4.79 Å². The summed E-state index contributed by atoms with van der Waals surface area (Å²) < 4.78 is 0. The molecule has 0 spiro atoms. The summed E-state index contributed by atoms with van der Waals surface area (Å²) in [6, 6.07) is 0.669. The number of carbonyl (C=O) groups excluding carboxylic acids is 1. The lowest BCUT2D eigenvalue weighted by atomic mass is 9.71. The standard InChI is InChI=1S/C18H32N2O/c1-3-14(2)16-8-4-5-9-17(16)18(21)20-12-15(13-20)19-10-6-7-11-19/h14-17H,3-13H2,1-2H3. The van der Waals surface area contributed by atoms with Crippen molar-refractivity contribution >= 4 is 5.91 Å². The lowest BCUT2D eigenvalue weighted by molar-refractivity contribution is -0.146. The lowest BCUT2D eigenvalue weighted by Crippen LogP contribution is -2.62. The third-order valence-corrected chi connectivity index (χ3v) is 6.34. The number of carbonyl (C=O) groups is 1. The number of amides is 1. The average molecular weight is 292 g/mol. The molecule has 3 unspecified atom stereocenters. The minimum atomic E-state index is 0.327. The number of hydrogen-bond acceptors (Lipinski definition) is 2. The van der Waals surface area contributed by atoms with Gasteiger partial charge >= 0.3 is 0 Å². The van der Waals surface area contributed by atoms with Crippen LogP contribution in [-0.2, 0) is 4.79 Å². The molecule has 0 radical (unpaired) electrons. The number of nitrogens with zero attached hydrogens (tertiary/aromatic N) is 2. The highest BCUT2D eigenvalue weighted by atomic mass is 16.2. The van der Waals surface area contributed by atoms with E-state index in [1.54, 1.807) is 0 Å². The first-order valence-electron chi connectivity index (χ1n) is 9.23. The van der Waals surface area contributed by atoms with Gasteiger partial charge in [-0.3, -0.25) is 9.69 Å². The van der Waals surface area contributed by atoms with Gasteiger partial charge in [-0.25, -0.2) is 0 Å². The molecule has 0 N–H and O–H groups in total. The molecular weight excluding hydrogens is 260 g/mol. The zero-order valence-corrected chi connectivity index (χ0v) is 13.9. The highest BCUT2D eigenvalue weighted by Gasteiger charge is 2.41. The second-order valence-corrected chi connectivity index (χ2v) is 7.58. The van der Waals surface area contributed by atoms with Gasteiger partial charge in [0.25, 0.3) is 0 Å². The fourth-order valence-corrected chi connectivity index (χ4v) is 4.66. The van der Waals surface area contributed by atoms with Crippen molar-refractivity contribution in [1.82, 2.24) is 9.80 Å². The van der Waals surface area contributed by atoms with Crippen LogP contribution in [0.2, 0.25) is 0 Å². The van der Waals surface area contributed by atoms with E-state index in [0.717, 1.165) is 19.5 Å². The molecule has 3 fully saturated rings. The van der Waals surface area contributed by atoms with Crippen molar-refractivity contribution in [2.24, 2.45) is 17.8 Å². The van der Waals surface area contributed by atoms with Crippen LogP contribution in [0.1, 0.15) is 58.8 Å². The summed E-state index contributed by atoms with van der Waals surface area (Å²) in [7, 11) is 0. The zero-order chi connectivity index (χ0) is 14.8. The Hall–Kier alpha value is -0.570. The molecule has 0 aromatic heterocycles. The van der Waals surface area contributed by atoms with Crippen molar-refractivity contribution in [2.75, 3.05) is 26.2 Å². The summed E-state index contributed by atoms with van der Waals surface area (Å²) in [6.07, 6.45) is 8.91. The first kappa shape index (κ1) is 15.3. The van der Waals surface area contributed by atoms with Crippen LogP contribution in [-0.4, -0.2) is 47.9 Å². The predicted octanol–water partition coefficient (Wildman–Crippen LogP) is 3.15. The van der Waals surface area contributed by atoms with Crippen LogP contribution < -0.4 is 0 Å². The Morgan fingerprint density at radius 3 is 2.43 bits per heavy atom. The normalized spacial score (nSPS) is 33.0. The molecule has 21 heavy (non-hydrogen) atoms. The van der Waals surface area contributed by atoms with Crippen LogP contribution >= 0.6 is 0 Å². The maximum absolute atomic E-state index is 12.9. The third-order valence-electron chi connectivity index (χ3n) is 6.34. The molecule has 0 aromatic rings. The van der Waals surface area contributed by atoms with Gasteiger partial charge in [0.2, 0.25) is 5.91 Å². The van der Waals surface area contributed by atoms with Crippen molar-refractivity contribution in [3.05, 3.63) is 0 Å². The fraction of sp³-hybridized carbons (Fsp3) is 0.944. The molecule has 1 aliphatic carbocycles. The van der Waals surface area contributed by atoms with Gasteiger partial charge in [-0.05, 0) is 50.6 Å². The van der Waals surface area contributed by atoms with Gasteiger partial charge in [-0.1, -0.05) is 33.1 Å². The summed E-state index contributed by atoms with van der Waals surface area (Å²) in [4.78, 5) is 17.6. The van der Waals surface area contributed by atoms with Gasteiger partial charge in [0.15, 0.2) is 0 Å². The molecule has 3 atom stereocenters. The molecule has 0 aromatic carbocycles. The Bertz CT molecular complexity index is 358. The van der Waals surface area contributed by atoms with Crippen LogP contribution in [0, 0.1) is 17.8 Å². The zero-order valence-electron chi connectivity index (χ0n) is 13.9. The molecule has 120 valence electrons. The Kier molecular flexibility index (Phi) is 4.88. The first-order chi connectivity index (χ1) is 10.2. The van der Waals surface area contributed by atoms with E-state index >= 15 is 0 Å². The Morgan fingerprint density at radius 2 is 1.76 bits per heavy atom. The Morgan fingerprint density at radius 1 is 1.10 bits per heavy atom. The maximum Gasteiger partial charge on any atom is 0.226 e. The van der Waals surface area contributed by atoms with Crippen LogP contribution in [0.5, 0.6) is 0 Å². The van der Waals surface area contributed by atoms with E-state index < -0.39 is 0 Å². The highest BCUT2D eigenvalue weighted by molar-refractivity contribution is 5.80. The second-order valence-electron chi connectivity index (χ2n) is 7.58. The summed E-state index contributed by atoms with van der Waals surface area (Å²) in [5, 5.41) is 0. The average Bonchev–Trinajstić information content (AvgIpc) is 2.98. The minimum Gasteiger partial charge on any atom is -0.339 e. The summed E-state index contributed by atoms with van der Waals surface area (Å²) in [6.45, 7) is 9.13. The lowest BCUT2D eigenvalue weighted by Gasteiger charge is -2.47. The number of likely N-dealkylation sites (tertiary alicyclic amines) is 2. The first-order valence-corrected chi connectivity index (χ1v) is 9.23. The van der Waals surface area contributed by atoms with Crippen molar-refractivity contribution in [1.29, 1.82) is 0 Å².